The third kappa shape index (κ3) is 3.00. The number of hydrogen-bond acceptors (Lipinski definition) is 4. The normalized spacial score (nSPS) is 22.3. The van der Waals surface area contributed by atoms with Crippen LogP contribution in [0.3, 0.4) is 0 Å². The van der Waals surface area contributed by atoms with Gasteiger partial charge in [0.05, 0.1) is 24.3 Å². The molecule has 104 valence electrons. The van der Waals surface area contributed by atoms with Gasteiger partial charge >= 0.3 is 0 Å². The third-order valence-corrected chi connectivity index (χ3v) is 3.55. The minimum atomic E-state index is -0.457. The van der Waals surface area contributed by atoms with E-state index in [9.17, 15) is 9.90 Å². The molecular weight excluding hydrogens is 268 g/mol. The van der Waals surface area contributed by atoms with Gasteiger partial charge < -0.3 is 20.1 Å². The van der Waals surface area contributed by atoms with Gasteiger partial charge in [0.25, 0.3) is 0 Å². The van der Waals surface area contributed by atoms with Crippen molar-refractivity contribution in [2.45, 2.75) is 18.6 Å². The maximum Gasteiger partial charge on any atom is 0.243 e. The van der Waals surface area contributed by atoms with Crippen molar-refractivity contribution < 1.29 is 14.6 Å². The van der Waals surface area contributed by atoms with Crippen LogP contribution < -0.4 is 15.0 Å². The number of β-amino-alcohol motifs (C(OH)–C–C–N with tert-alkyl or cyclic N) is 1. The Morgan fingerprint density at radius 2 is 2.32 bits per heavy atom. The monoisotopic (exact) mass is 284 g/mol. The van der Waals surface area contributed by atoms with E-state index in [1.165, 1.54) is 4.90 Å². The second-order valence-corrected chi connectivity index (χ2v) is 4.97. The van der Waals surface area contributed by atoms with E-state index in [2.05, 4.69) is 5.32 Å². The van der Waals surface area contributed by atoms with Crippen LogP contribution in [0.15, 0.2) is 18.2 Å². The van der Waals surface area contributed by atoms with Crippen molar-refractivity contribution in [1.82, 2.24) is 5.32 Å². The average Bonchev–Trinajstić information content (AvgIpc) is 2.83. The lowest BCUT2D eigenvalue weighted by molar-refractivity contribution is -0.120. The van der Waals surface area contributed by atoms with Crippen LogP contribution in [0.5, 0.6) is 5.75 Å². The second-order valence-electron chi connectivity index (χ2n) is 4.57. The van der Waals surface area contributed by atoms with Crippen LogP contribution >= 0.6 is 11.6 Å². The van der Waals surface area contributed by atoms with Crippen molar-refractivity contribution >= 4 is 23.2 Å². The van der Waals surface area contributed by atoms with E-state index in [1.807, 2.05) is 0 Å². The van der Waals surface area contributed by atoms with Crippen LogP contribution in [0.4, 0.5) is 5.69 Å². The van der Waals surface area contributed by atoms with Crippen molar-refractivity contribution in [3.05, 3.63) is 23.2 Å². The Bertz CT molecular complexity index is 481. The van der Waals surface area contributed by atoms with Crippen LogP contribution in [-0.2, 0) is 4.79 Å². The Morgan fingerprint density at radius 1 is 1.58 bits per heavy atom. The summed E-state index contributed by atoms with van der Waals surface area (Å²) in [7, 11) is 3.23. The molecule has 6 heteroatoms. The molecule has 0 aliphatic carbocycles. The molecule has 1 aliphatic heterocycles. The number of halogens is 1. The zero-order valence-electron chi connectivity index (χ0n) is 10.9. The van der Waals surface area contributed by atoms with Crippen molar-refractivity contribution in [3.8, 4) is 5.75 Å². The predicted molar refractivity (Wildman–Crippen MR) is 73.8 cm³/mol. The van der Waals surface area contributed by atoms with Crippen molar-refractivity contribution in [3.63, 3.8) is 0 Å². The molecule has 1 fully saturated rings. The lowest BCUT2D eigenvalue weighted by Crippen LogP contribution is -2.41. The van der Waals surface area contributed by atoms with Gasteiger partial charge in [-0.25, -0.2) is 0 Å². The molecule has 1 aromatic rings. The minimum absolute atomic E-state index is 0.0854. The van der Waals surface area contributed by atoms with Gasteiger partial charge in [0.15, 0.2) is 0 Å². The SMILES string of the molecule is COc1ccc(N(C)C(=O)C2CC(O)CN2)cc1Cl. The number of likely N-dealkylation sites (N-methyl/N-ethyl adjacent to an activating group) is 1. The maximum absolute atomic E-state index is 12.2. The molecule has 1 saturated heterocycles. The quantitative estimate of drug-likeness (QED) is 0.870. The summed E-state index contributed by atoms with van der Waals surface area (Å²) >= 11 is 6.04. The van der Waals surface area contributed by atoms with Crippen LogP contribution in [0.25, 0.3) is 0 Å². The molecule has 0 aromatic heterocycles. The third-order valence-electron chi connectivity index (χ3n) is 3.26. The van der Waals surface area contributed by atoms with Gasteiger partial charge in [-0.2, -0.15) is 0 Å². The molecule has 2 rings (SSSR count). The molecule has 2 atom stereocenters. The molecule has 1 heterocycles. The summed E-state index contributed by atoms with van der Waals surface area (Å²) < 4.78 is 5.07. The average molecular weight is 285 g/mol. The first-order chi connectivity index (χ1) is 9.02. The van der Waals surface area contributed by atoms with Gasteiger partial charge in [-0.15, -0.1) is 0 Å². The molecule has 2 N–H and O–H groups in total. The van der Waals surface area contributed by atoms with Gasteiger partial charge in [0.2, 0.25) is 5.91 Å². The van der Waals surface area contributed by atoms with Crippen LogP contribution in [0, 0.1) is 0 Å². The summed E-state index contributed by atoms with van der Waals surface area (Å²) in [5.74, 6) is 0.485. The van der Waals surface area contributed by atoms with Crippen LogP contribution in [0.1, 0.15) is 6.42 Å². The first-order valence-electron chi connectivity index (χ1n) is 6.05. The lowest BCUT2D eigenvalue weighted by atomic mass is 10.1. The number of rotatable bonds is 3. The van der Waals surface area contributed by atoms with E-state index >= 15 is 0 Å². The zero-order valence-corrected chi connectivity index (χ0v) is 11.6. The Morgan fingerprint density at radius 3 is 2.84 bits per heavy atom. The largest absolute Gasteiger partial charge is 0.495 e. The summed E-state index contributed by atoms with van der Waals surface area (Å²) in [5.41, 5.74) is 0.694. The summed E-state index contributed by atoms with van der Waals surface area (Å²) in [5, 5.41) is 12.9. The van der Waals surface area contributed by atoms with E-state index in [0.717, 1.165) is 0 Å². The molecule has 2 unspecified atom stereocenters. The van der Waals surface area contributed by atoms with E-state index in [1.54, 1.807) is 32.4 Å². The number of nitrogens with zero attached hydrogens (tertiary/aromatic N) is 1. The highest BCUT2D eigenvalue weighted by molar-refractivity contribution is 6.32. The number of benzene rings is 1. The Balaban J connectivity index is 2.12. The van der Waals surface area contributed by atoms with Crippen molar-refractivity contribution in [2.75, 3.05) is 25.6 Å². The highest BCUT2D eigenvalue weighted by atomic mass is 35.5. The number of carbonyl (C=O) groups is 1. The molecule has 1 amide bonds. The summed E-state index contributed by atoms with van der Waals surface area (Å²) in [4.78, 5) is 13.8. The number of methoxy groups -OCH3 is 1. The fourth-order valence-corrected chi connectivity index (χ4v) is 2.38. The number of carbonyl (C=O) groups excluding carboxylic acids is 1. The van der Waals surface area contributed by atoms with E-state index < -0.39 is 6.10 Å². The predicted octanol–water partition coefficient (Wildman–Crippen LogP) is 1.03. The lowest BCUT2D eigenvalue weighted by Gasteiger charge is -2.21. The number of amides is 1. The molecule has 19 heavy (non-hydrogen) atoms. The minimum Gasteiger partial charge on any atom is -0.495 e. The molecule has 1 aromatic carbocycles. The fraction of sp³-hybridized carbons (Fsp3) is 0.462. The Kier molecular flexibility index (Phi) is 4.29. The Hall–Kier alpha value is -1.30. The number of anilines is 1. The number of ether oxygens (including phenoxy) is 1. The first-order valence-corrected chi connectivity index (χ1v) is 6.43. The van der Waals surface area contributed by atoms with E-state index in [4.69, 9.17) is 16.3 Å². The second kappa shape index (κ2) is 5.77. The van der Waals surface area contributed by atoms with Gasteiger partial charge in [-0.05, 0) is 24.6 Å². The van der Waals surface area contributed by atoms with Crippen LogP contribution in [-0.4, -0.2) is 43.9 Å². The van der Waals surface area contributed by atoms with Crippen molar-refractivity contribution in [1.29, 1.82) is 0 Å². The summed E-state index contributed by atoms with van der Waals surface area (Å²) in [6.45, 7) is 0.452. The highest BCUT2D eigenvalue weighted by Crippen LogP contribution is 2.29. The van der Waals surface area contributed by atoms with E-state index in [0.29, 0.717) is 29.4 Å². The van der Waals surface area contributed by atoms with Crippen molar-refractivity contribution in [2.24, 2.45) is 0 Å². The van der Waals surface area contributed by atoms with Gasteiger partial charge in [-0.3, -0.25) is 4.79 Å². The van der Waals surface area contributed by atoms with Gasteiger partial charge in [-0.1, -0.05) is 11.6 Å². The summed E-state index contributed by atoms with van der Waals surface area (Å²) in [6.07, 6.45) is -0.0191. The number of nitrogens with one attached hydrogen (secondary N) is 1. The number of aliphatic hydroxyl groups is 1. The Labute approximate surface area is 117 Å². The molecule has 5 nitrogen and oxygen atoms in total. The zero-order chi connectivity index (χ0) is 14.0. The van der Waals surface area contributed by atoms with Crippen LogP contribution in [0.2, 0.25) is 5.02 Å². The molecule has 1 aliphatic rings. The number of hydrogen-bond donors (Lipinski definition) is 2. The summed E-state index contributed by atoms with van der Waals surface area (Å²) in [6, 6.07) is 4.83. The topological polar surface area (TPSA) is 61.8 Å². The maximum atomic E-state index is 12.2. The van der Waals surface area contributed by atoms with Gasteiger partial charge in [0.1, 0.15) is 5.75 Å². The molecule has 0 spiro atoms. The standard InChI is InChI=1S/C13H17ClN2O3/c1-16(13(18)11-6-9(17)7-15-11)8-3-4-12(19-2)10(14)5-8/h3-5,9,11,15,17H,6-7H2,1-2H3. The first kappa shape index (κ1) is 14.1. The molecule has 0 bridgehead atoms. The van der Waals surface area contributed by atoms with Gasteiger partial charge in [0, 0.05) is 19.3 Å². The molecule has 0 radical (unpaired) electrons. The fourth-order valence-electron chi connectivity index (χ4n) is 2.13. The number of aliphatic hydroxyl groups excluding tert-OH is 1. The molecular formula is C13H17ClN2O3. The molecule has 0 saturated carbocycles. The smallest absolute Gasteiger partial charge is 0.243 e. The van der Waals surface area contributed by atoms with E-state index in [-0.39, 0.29) is 11.9 Å². The highest BCUT2D eigenvalue weighted by Gasteiger charge is 2.30.